The van der Waals surface area contributed by atoms with Crippen molar-refractivity contribution in [2.24, 2.45) is 17.8 Å². The summed E-state index contributed by atoms with van der Waals surface area (Å²) in [5.74, 6) is -5.26. The highest BCUT2D eigenvalue weighted by Crippen LogP contribution is 2.47. The number of allylic oxidation sites excluding steroid dienone is 6. The first-order valence-corrected chi connectivity index (χ1v) is 13.0. The Hall–Kier alpha value is -1.88. The van der Waals surface area contributed by atoms with E-state index in [1.165, 1.54) is 0 Å². The van der Waals surface area contributed by atoms with Gasteiger partial charge in [-0.05, 0) is 43.3 Å². The largest absolute Gasteiger partial charge is 0.429 e. The fraction of sp³-hybridized carbons (Fsp3) is 0.704. The summed E-state index contributed by atoms with van der Waals surface area (Å²) in [6.07, 6.45) is -10.3. The van der Waals surface area contributed by atoms with E-state index in [1.807, 2.05) is 0 Å². The lowest BCUT2D eigenvalue weighted by Gasteiger charge is -2.38. The summed E-state index contributed by atoms with van der Waals surface area (Å²) in [6.45, 7) is 3.14. The highest BCUT2D eigenvalue weighted by atomic mass is 19.3. The number of halogens is 8. The van der Waals surface area contributed by atoms with Crippen LogP contribution in [0.25, 0.3) is 0 Å². The van der Waals surface area contributed by atoms with Crippen LogP contribution in [-0.4, -0.2) is 50.3 Å². The van der Waals surface area contributed by atoms with Crippen molar-refractivity contribution < 1.29 is 49.3 Å². The van der Waals surface area contributed by atoms with Gasteiger partial charge in [-0.3, -0.25) is 0 Å². The van der Waals surface area contributed by atoms with Crippen molar-refractivity contribution in [2.75, 3.05) is 13.2 Å². The summed E-state index contributed by atoms with van der Waals surface area (Å²) < 4.78 is 130. The van der Waals surface area contributed by atoms with E-state index in [0.717, 1.165) is 19.3 Å². The Morgan fingerprint density at radius 2 is 1.74 bits per heavy atom. The maximum Gasteiger partial charge on any atom is 0.428 e. The molecule has 1 aliphatic heterocycles. The lowest BCUT2D eigenvalue weighted by Crippen LogP contribution is -2.40. The molecule has 0 radical (unpaired) electrons. The average Bonchev–Trinajstić information content (AvgIpc) is 2.85. The van der Waals surface area contributed by atoms with Crippen LogP contribution in [0.5, 0.6) is 0 Å². The fourth-order valence-corrected chi connectivity index (χ4v) is 5.51. The normalized spacial score (nSPS) is 36.9. The lowest BCUT2D eigenvalue weighted by molar-refractivity contribution is -0.227. The predicted octanol–water partition coefficient (Wildman–Crippen LogP) is 7.85. The molecule has 0 aromatic carbocycles. The van der Waals surface area contributed by atoms with E-state index in [2.05, 4.69) is 11.7 Å². The zero-order valence-electron chi connectivity index (χ0n) is 21.0. The highest BCUT2D eigenvalue weighted by Gasteiger charge is 2.50. The van der Waals surface area contributed by atoms with Crippen LogP contribution >= 0.6 is 0 Å². The maximum absolute atomic E-state index is 15.2. The minimum atomic E-state index is -4.59. The van der Waals surface area contributed by atoms with E-state index in [-0.39, 0.29) is 30.1 Å². The molecule has 38 heavy (non-hydrogen) atoms. The number of hydrogen-bond acceptors (Lipinski definition) is 3. The van der Waals surface area contributed by atoms with Crippen LogP contribution in [0.2, 0.25) is 0 Å². The first kappa shape index (κ1) is 29.1. The molecule has 4 rings (SSSR count). The Kier molecular flexibility index (Phi) is 9.27. The molecule has 1 fully saturated rings. The molecule has 0 bridgehead atoms. The van der Waals surface area contributed by atoms with Gasteiger partial charge in [-0.15, -0.1) is 0 Å². The molecule has 0 aromatic heterocycles. The van der Waals surface area contributed by atoms with Crippen molar-refractivity contribution in [3.63, 3.8) is 0 Å². The Morgan fingerprint density at radius 3 is 2.34 bits per heavy atom. The molecule has 0 aromatic rings. The Labute approximate surface area is 216 Å². The van der Waals surface area contributed by atoms with Crippen molar-refractivity contribution in [3.05, 3.63) is 46.8 Å². The van der Waals surface area contributed by atoms with Crippen molar-refractivity contribution in [3.8, 4) is 0 Å². The molecule has 5 unspecified atom stereocenters. The van der Waals surface area contributed by atoms with Gasteiger partial charge in [-0.25, -0.2) is 26.3 Å². The number of unbranched alkanes of at least 4 members (excludes halogenated alkanes) is 1. The first-order valence-electron chi connectivity index (χ1n) is 13.0. The maximum atomic E-state index is 15.2. The topological polar surface area (TPSA) is 27.7 Å². The number of ether oxygens (including phenoxy) is 3. The van der Waals surface area contributed by atoms with Gasteiger partial charge in [0.25, 0.3) is 0 Å². The van der Waals surface area contributed by atoms with Gasteiger partial charge < -0.3 is 14.2 Å². The Morgan fingerprint density at radius 1 is 1.03 bits per heavy atom. The minimum absolute atomic E-state index is 0.0209. The Balaban J connectivity index is 1.39. The quantitative estimate of drug-likeness (QED) is 0.225. The van der Waals surface area contributed by atoms with Gasteiger partial charge in [0.1, 0.15) is 35.3 Å². The van der Waals surface area contributed by atoms with E-state index < -0.39 is 78.8 Å². The zero-order valence-corrected chi connectivity index (χ0v) is 21.0. The average molecular weight is 557 g/mol. The van der Waals surface area contributed by atoms with Gasteiger partial charge in [0.15, 0.2) is 18.6 Å². The van der Waals surface area contributed by atoms with E-state index in [9.17, 15) is 30.7 Å². The third-order valence-electron chi connectivity index (χ3n) is 7.57. The summed E-state index contributed by atoms with van der Waals surface area (Å²) >= 11 is 0. The number of rotatable bonds is 8. The molecule has 1 heterocycles. The lowest BCUT2D eigenvalue weighted by atomic mass is 9.75. The second kappa shape index (κ2) is 12.1. The predicted molar refractivity (Wildman–Crippen MR) is 123 cm³/mol. The molecule has 1 saturated heterocycles. The smallest absolute Gasteiger partial charge is 0.428 e. The van der Waals surface area contributed by atoms with Gasteiger partial charge in [-0.1, -0.05) is 25.8 Å². The molecule has 0 N–H and O–H groups in total. The highest BCUT2D eigenvalue weighted by molar-refractivity contribution is 5.31. The van der Waals surface area contributed by atoms with Crippen molar-refractivity contribution in [1.82, 2.24) is 0 Å². The molecule has 3 nitrogen and oxygen atoms in total. The zero-order chi connectivity index (χ0) is 27.6. The van der Waals surface area contributed by atoms with Crippen molar-refractivity contribution in [2.45, 2.75) is 89.0 Å². The Bertz CT molecular complexity index is 969. The summed E-state index contributed by atoms with van der Waals surface area (Å²) in [5, 5.41) is 0. The monoisotopic (exact) mass is 556 g/mol. The summed E-state index contributed by atoms with van der Waals surface area (Å²) in [4.78, 5) is 0. The van der Waals surface area contributed by atoms with Crippen molar-refractivity contribution in [1.29, 1.82) is 0 Å². The van der Waals surface area contributed by atoms with Gasteiger partial charge in [0.05, 0.1) is 13.2 Å². The SMILES string of the molecule is CCCCC1COC(C2CC=C(C3CC(F)=C(C(F)(F)OC4=C[C@H](F)C(F)C(F)=C4)C(F)C3)C(F)C2)OC1. The van der Waals surface area contributed by atoms with Crippen LogP contribution in [0.15, 0.2) is 46.8 Å². The second-order valence-corrected chi connectivity index (χ2v) is 10.4. The molecule has 0 amide bonds. The van der Waals surface area contributed by atoms with Gasteiger partial charge in [0, 0.05) is 24.3 Å². The van der Waals surface area contributed by atoms with E-state index in [0.29, 0.717) is 25.6 Å². The van der Waals surface area contributed by atoms with Crippen LogP contribution in [0.3, 0.4) is 0 Å². The first-order chi connectivity index (χ1) is 18.0. The molecule has 6 atom stereocenters. The third kappa shape index (κ3) is 6.46. The minimum Gasteiger partial charge on any atom is -0.429 e. The van der Waals surface area contributed by atoms with Crippen LogP contribution in [0, 0.1) is 17.8 Å². The molecular formula is C27H32F8O3. The molecular weight excluding hydrogens is 524 g/mol. The molecule has 4 aliphatic rings. The van der Waals surface area contributed by atoms with Gasteiger partial charge in [0.2, 0.25) is 0 Å². The molecule has 214 valence electrons. The van der Waals surface area contributed by atoms with E-state index in [1.54, 1.807) is 6.08 Å². The standard InChI is InChI=1S/C27H32F8O3/c1-2-3-4-14-12-36-26(37-13-14)15-5-6-18(19(28)7-15)16-8-20(29)24(21(30)9-16)27(34,35)38-17-10-22(31)25(33)23(32)11-17/h6,10-11,14-16,19-20,22,25-26H,2-5,7-9,12-13H2,1H3/t14?,15?,16?,19?,20?,22-,25?,26?/m0/s1. The van der Waals surface area contributed by atoms with Crippen LogP contribution in [-0.2, 0) is 14.2 Å². The van der Waals surface area contributed by atoms with Crippen LogP contribution in [0.4, 0.5) is 35.1 Å². The third-order valence-corrected chi connectivity index (χ3v) is 7.57. The molecule has 3 aliphatic carbocycles. The number of alkyl halides is 6. The fourth-order valence-electron chi connectivity index (χ4n) is 5.51. The summed E-state index contributed by atoms with van der Waals surface area (Å²) in [6, 6.07) is 0. The van der Waals surface area contributed by atoms with Gasteiger partial charge >= 0.3 is 6.11 Å². The molecule has 0 saturated carbocycles. The number of hydrogen-bond donors (Lipinski definition) is 0. The van der Waals surface area contributed by atoms with Crippen LogP contribution in [0.1, 0.15) is 51.9 Å². The second-order valence-electron chi connectivity index (χ2n) is 10.4. The molecule has 11 heteroatoms. The summed E-state index contributed by atoms with van der Waals surface area (Å²) in [5.41, 5.74) is -1.47. The van der Waals surface area contributed by atoms with Crippen molar-refractivity contribution >= 4 is 0 Å². The summed E-state index contributed by atoms with van der Waals surface area (Å²) in [7, 11) is 0. The van der Waals surface area contributed by atoms with E-state index >= 15 is 4.39 Å². The van der Waals surface area contributed by atoms with Crippen LogP contribution < -0.4 is 0 Å². The van der Waals surface area contributed by atoms with E-state index in [4.69, 9.17) is 9.47 Å². The van der Waals surface area contributed by atoms with Gasteiger partial charge in [-0.2, -0.15) is 8.78 Å². The molecule has 0 spiro atoms.